The fraction of sp³-hybridized carbons (Fsp3) is 0.480. The summed E-state index contributed by atoms with van der Waals surface area (Å²) in [6, 6.07) is 14.7. The molecule has 0 N–H and O–H groups in total. The third kappa shape index (κ3) is 3.19. The number of rotatable bonds is 3. The number of carbonyl (C=O) groups is 1. The summed E-state index contributed by atoms with van der Waals surface area (Å²) in [7, 11) is 0. The van der Waals surface area contributed by atoms with Crippen molar-refractivity contribution in [3.8, 4) is 0 Å². The molecule has 1 aliphatic carbocycles. The number of aryl methyl sites for hydroxylation is 1. The summed E-state index contributed by atoms with van der Waals surface area (Å²) in [5.74, 6) is 1.03. The molecule has 2 fully saturated rings. The topological polar surface area (TPSA) is 38.4 Å². The van der Waals surface area contributed by atoms with E-state index < -0.39 is 0 Å². The minimum Gasteiger partial charge on any atom is -0.460 e. The van der Waals surface area contributed by atoms with Gasteiger partial charge in [0.15, 0.2) is 5.58 Å². The SMILES string of the molecule is Cc1cc2c(cc(C(=O)N3CC4(C)CC3CC(C)(C)C4)n2Cc2ccccc2)o1. The van der Waals surface area contributed by atoms with Crippen LogP contribution < -0.4 is 0 Å². The van der Waals surface area contributed by atoms with Crippen LogP contribution in [0.15, 0.2) is 46.9 Å². The number of aromatic nitrogens is 1. The highest BCUT2D eigenvalue weighted by Crippen LogP contribution is 2.52. The third-order valence-corrected chi connectivity index (χ3v) is 6.79. The summed E-state index contributed by atoms with van der Waals surface area (Å²) in [5, 5.41) is 0. The van der Waals surface area contributed by atoms with Gasteiger partial charge in [0.05, 0.1) is 5.52 Å². The molecule has 1 saturated heterocycles. The molecule has 1 amide bonds. The standard InChI is InChI=1S/C25H30N2O2/c1-17-10-20-22(29-17)11-21(26(20)14-18-8-6-5-7-9-18)23(28)27-16-25(4)13-19(27)12-24(2,3)15-25/h5-11,19H,12-16H2,1-4H3. The minimum absolute atomic E-state index is 0.149. The van der Waals surface area contributed by atoms with E-state index in [1.807, 2.05) is 37.3 Å². The molecule has 2 unspecified atom stereocenters. The zero-order valence-corrected chi connectivity index (χ0v) is 17.9. The quantitative estimate of drug-likeness (QED) is 0.581. The van der Waals surface area contributed by atoms with Crippen LogP contribution in [0.1, 0.15) is 61.8 Å². The molecular weight excluding hydrogens is 360 g/mol. The Morgan fingerprint density at radius 2 is 1.90 bits per heavy atom. The number of carbonyl (C=O) groups excluding carboxylic acids is 1. The molecule has 1 aliphatic heterocycles. The summed E-state index contributed by atoms with van der Waals surface area (Å²) in [4.78, 5) is 15.9. The van der Waals surface area contributed by atoms with E-state index in [2.05, 4.69) is 42.4 Å². The molecule has 4 nitrogen and oxygen atoms in total. The van der Waals surface area contributed by atoms with Crippen molar-refractivity contribution in [1.29, 1.82) is 0 Å². The summed E-state index contributed by atoms with van der Waals surface area (Å²) in [6.07, 6.45) is 3.40. The zero-order valence-electron chi connectivity index (χ0n) is 17.9. The molecule has 2 atom stereocenters. The van der Waals surface area contributed by atoms with Gasteiger partial charge in [-0.3, -0.25) is 4.79 Å². The van der Waals surface area contributed by atoms with E-state index in [0.29, 0.717) is 18.0 Å². The van der Waals surface area contributed by atoms with E-state index >= 15 is 0 Å². The van der Waals surface area contributed by atoms with E-state index in [1.165, 1.54) is 12.0 Å². The number of hydrogen-bond acceptors (Lipinski definition) is 2. The molecule has 4 heteroatoms. The monoisotopic (exact) mass is 390 g/mol. The van der Waals surface area contributed by atoms with E-state index in [0.717, 1.165) is 41.9 Å². The molecular formula is C25H30N2O2. The van der Waals surface area contributed by atoms with Crippen LogP contribution in [0.4, 0.5) is 0 Å². The molecule has 2 bridgehead atoms. The van der Waals surface area contributed by atoms with E-state index in [9.17, 15) is 4.79 Å². The van der Waals surface area contributed by atoms with Gasteiger partial charge in [-0.05, 0) is 42.6 Å². The molecule has 152 valence electrons. The van der Waals surface area contributed by atoms with Crippen molar-refractivity contribution in [3.63, 3.8) is 0 Å². The predicted octanol–water partition coefficient (Wildman–Crippen LogP) is 5.63. The van der Waals surface area contributed by atoms with Crippen LogP contribution in [0, 0.1) is 17.8 Å². The molecule has 2 aromatic heterocycles. The molecule has 2 aliphatic rings. The maximum absolute atomic E-state index is 13.8. The van der Waals surface area contributed by atoms with E-state index in [-0.39, 0.29) is 11.3 Å². The highest BCUT2D eigenvalue weighted by Gasteiger charge is 2.51. The Morgan fingerprint density at radius 3 is 2.66 bits per heavy atom. The van der Waals surface area contributed by atoms with Gasteiger partial charge in [0, 0.05) is 31.3 Å². The van der Waals surface area contributed by atoms with Crippen LogP contribution in [0.25, 0.3) is 11.1 Å². The molecule has 1 saturated carbocycles. The number of furan rings is 1. The third-order valence-electron chi connectivity index (χ3n) is 6.79. The van der Waals surface area contributed by atoms with Gasteiger partial charge < -0.3 is 13.9 Å². The maximum atomic E-state index is 13.8. The van der Waals surface area contributed by atoms with Crippen molar-refractivity contribution >= 4 is 17.0 Å². The Morgan fingerprint density at radius 1 is 1.14 bits per heavy atom. The number of nitrogens with zero attached hydrogens (tertiary/aromatic N) is 2. The Bertz CT molecular complexity index is 1080. The van der Waals surface area contributed by atoms with Crippen LogP contribution in [0.5, 0.6) is 0 Å². The van der Waals surface area contributed by atoms with Crippen molar-refractivity contribution in [3.05, 3.63) is 59.5 Å². The number of fused-ring (bicyclic) bond motifs is 3. The van der Waals surface area contributed by atoms with Gasteiger partial charge >= 0.3 is 0 Å². The summed E-state index contributed by atoms with van der Waals surface area (Å²) >= 11 is 0. The lowest BCUT2D eigenvalue weighted by atomic mass is 9.65. The van der Waals surface area contributed by atoms with Crippen molar-refractivity contribution in [2.75, 3.05) is 6.54 Å². The number of likely N-dealkylation sites (tertiary alicyclic amines) is 1. The Balaban J connectivity index is 1.54. The fourth-order valence-corrected chi connectivity index (χ4v) is 6.12. The zero-order chi connectivity index (χ0) is 20.4. The van der Waals surface area contributed by atoms with Crippen molar-refractivity contribution < 1.29 is 9.21 Å². The lowest BCUT2D eigenvalue weighted by molar-refractivity contribution is 0.0698. The van der Waals surface area contributed by atoms with Crippen LogP contribution in [-0.4, -0.2) is 28.0 Å². The normalized spacial score (nSPS) is 25.7. The summed E-state index contributed by atoms with van der Waals surface area (Å²) in [5.41, 5.74) is 4.26. The number of amides is 1. The highest BCUT2D eigenvalue weighted by molar-refractivity contribution is 5.98. The van der Waals surface area contributed by atoms with Gasteiger partial charge in [-0.1, -0.05) is 51.1 Å². The van der Waals surface area contributed by atoms with Gasteiger partial charge in [0.25, 0.3) is 5.91 Å². The van der Waals surface area contributed by atoms with Crippen molar-refractivity contribution in [2.24, 2.45) is 10.8 Å². The van der Waals surface area contributed by atoms with Gasteiger partial charge in [-0.2, -0.15) is 0 Å². The first-order valence-corrected chi connectivity index (χ1v) is 10.7. The second-order valence-electron chi connectivity index (χ2n) is 10.4. The Hall–Kier alpha value is -2.49. The van der Waals surface area contributed by atoms with Gasteiger partial charge in [-0.15, -0.1) is 0 Å². The maximum Gasteiger partial charge on any atom is 0.270 e. The van der Waals surface area contributed by atoms with Crippen LogP contribution in [0.2, 0.25) is 0 Å². The largest absolute Gasteiger partial charge is 0.460 e. The van der Waals surface area contributed by atoms with Gasteiger partial charge in [0.1, 0.15) is 11.5 Å². The van der Waals surface area contributed by atoms with E-state index in [1.54, 1.807) is 0 Å². The Kier molecular flexibility index (Phi) is 4.00. The first-order valence-electron chi connectivity index (χ1n) is 10.7. The average Bonchev–Trinajstić information content (AvgIpc) is 3.23. The molecule has 29 heavy (non-hydrogen) atoms. The first kappa shape index (κ1) is 18.5. The average molecular weight is 391 g/mol. The van der Waals surface area contributed by atoms with Crippen LogP contribution >= 0.6 is 0 Å². The molecule has 1 aromatic carbocycles. The molecule has 3 heterocycles. The second kappa shape index (κ2) is 6.25. The minimum atomic E-state index is 0.149. The predicted molar refractivity (Wildman–Crippen MR) is 115 cm³/mol. The van der Waals surface area contributed by atoms with E-state index in [4.69, 9.17) is 4.42 Å². The van der Waals surface area contributed by atoms with Gasteiger partial charge in [-0.25, -0.2) is 0 Å². The molecule has 3 aromatic rings. The number of hydrogen-bond donors (Lipinski definition) is 0. The van der Waals surface area contributed by atoms with Gasteiger partial charge in [0.2, 0.25) is 0 Å². The fourth-order valence-electron chi connectivity index (χ4n) is 6.12. The Labute approximate surface area is 172 Å². The number of benzene rings is 1. The van der Waals surface area contributed by atoms with Crippen molar-refractivity contribution in [2.45, 2.75) is 59.5 Å². The lowest BCUT2D eigenvalue weighted by Crippen LogP contribution is -2.38. The second-order valence-corrected chi connectivity index (χ2v) is 10.4. The highest BCUT2D eigenvalue weighted by atomic mass is 16.3. The summed E-state index contributed by atoms with van der Waals surface area (Å²) < 4.78 is 8.03. The first-order chi connectivity index (χ1) is 13.7. The summed E-state index contributed by atoms with van der Waals surface area (Å²) in [6.45, 7) is 10.5. The van der Waals surface area contributed by atoms with Crippen LogP contribution in [-0.2, 0) is 6.54 Å². The van der Waals surface area contributed by atoms with Crippen LogP contribution in [0.3, 0.4) is 0 Å². The van der Waals surface area contributed by atoms with Crippen molar-refractivity contribution in [1.82, 2.24) is 9.47 Å². The smallest absolute Gasteiger partial charge is 0.270 e. The molecule has 5 rings (SSSR count). The molecule has 0 spiro atoms. The molecule has 0 radical (unpaired) electrons. The lowest BCUT2D eigenvalue weighted by Gasteiger charge is -2.39.